The zero-order valence-electron chi connectivity index (χ0n) is 14.1. The fraction of sp³-hybridized carbons (Fsp3) is 0.588. The molecule has 1 aromatic heterocycles. The minimum absolute atomic E-state index is 0.0228. The molecular weight excluding hydrogens is 310 g/mol. The Balaban J connectivity index is 2.11. The minimum Gasteiger partial charge on any atom is -0.346 e. The first kappa shape index (κ1) is 17.8. The van der Waals surface area contributed by atoms with Gasteiger partial charge >= 0.3 is 0 Å². The Morgan fingerprint density at radius 1 is 1.39 bits per heavy atom. The highest BCUT2D eigenvalue weighted by atomic mass is 32.2. The van der Waals surface area contributed by atoms with E-state index in [1.807, 2.05) is 26.1 Å². The number of hydrogen-bond donors (Lipinski definition) is 0. The summed E-state index contributed by atoms with van der Waals surface area (Å²) in [6.45, 7) is 5.55. The lowest BCUT2D eigenvalue weighted by molar-refractivity contribution is -0.131. The summed E-state index contributed by atoms with van der Waals surface area (Å²) in [4.78, 5) is 33.0. The molecule has 0 fully saturated rings. The van der Waals surface area contributed by atoms with Gasteiger partial charge in [-0.3, -0.25) is 9.59 Å². The van der Waals surface area contributed by atoms with E-state index in [1.54, 1.807) is 16.0 Å². The summed E-state index contributed by atoms with van der Waals surface area (Å²) < 4.78 is 0. The van der Waals surface area contributed by atoms with Gasteiger partial charge in [0.05, 0.1) is 10.9 Å². The van der Waals surface area contributed by atoms with Crippen LogP contribution in [0.1, 0.15) is 39.5 Å². The molecule has 1 aliphatic heterocycles. The molecule has 5 nitrogen and oxygen atoms in total. The molecule has 0 saturated heterocycles. The molecule has 2 heterocycles. The molecule has 1 atom stereocenters. The highest BCUT2D eigenvalue weighted by molar-refractivity contribution is 8.00. The Morgan fingerprint density at radius 2 is 2.17 bits per heavy atom. The Labute approximate surface area is 142 Å². The van der Waals surface area contributed by atoms with Crippen LogP contribution in [0.4, 0.5) is 5.69 Å². The summed E-state index contributed by atoms with van der Waals surface area (Å²) in [5, 5.41) is 0.468. The lowest BCUT2D eigenvalue weighted by atomic mass is 10.2. The number of rotatable bonds is 7. The second-order valence-electron chi connectivity index (χ2n) is 5.80. The van der Waals surface area contributed by atoms with E-state index in [0.29, 0.717) is 6.54 Å². The van der Waals surface area contributed by atoms with Gasteiger partial charge in [-0.1, -0.05) is 32.0 Å². The molecule has 0 spiro atoms. The summed E-state index contributed by atoms with van der Waals surface area (Å²) in [7, 11) is 1.81. The molecule has 1 aliphatic rings. The van der Waals surface area contributed by atoms with Crippen LogP contribution in [0, 0.1) is 0 Å². The predicted octanol–water partition coefficient (Wildman–Crippen LogP) is 2.95. The van der Waals surface area contributed by atoms with Gasteiger partial charge in [-0.25, -0.2) is 4.98 Å². The van der Waals surface area contributed by atoms with E-state index in [0.717, 1.165) is 36.5 Å². The third-order valence-corrected chi connectivity index (χ3v) is 5.11. The average molecular weight is 335 g/mol. The van der Waals surface area contributed by atoms with E-state index in [4.69, 9.17) is 0 Å². The van der Waals surface area contributed by atoms with Crippen molar-refractivity contribution < 1.29 is 9.59 Å². The molecule has 0 N–H and O–H groups in total. The second kappa shape index (κ2) is 8.34. The molecule has 2 amide bonds. The third kappa shape index (κ3) is 4.25. The largest absolute Gasteiger partial charge is 0.346 e. The van der Waals surface area contributed by atoms with Crippen LogP contribution in [0.2, 0.25) is 0 Å². The first-order chi connectivity index (χ1) is 11.1. The van der Waals surface area contributed by atoms with Gasteiger partial charge < -0.3 is 9.80 Å². The van der Waals surface area contributed by atoms with Crippen molar-refractivity contribution in [2.45, 2.75) is 49.8 Å². The number of carbonyl (C=O) groups excluding carboxylic acids is 2. The SMILES string of the molecule is CCCCN(C)C(=O)CC1Sc2ncccc2N(CCC)C1=O. The zero-order valence-corrected chi connectivity index (χ0v) is 14.9. The van der Waals surface area contributed by atoms with Crippen molar-refractivity contribution in [2.75, 3.05) is 25.0 Å². The fourth-order valence-electron chi connectivity index (χ4n) is 2.57. The van der Waals surface area contributed by atoms with E-state index in [2.05, 4.69) is 11.9 Å². The van der Waals surface area contributed by atoms with Crippen molar-refractivity contribution in [3.05, 3.63) is 18.3 Å². The Bertz CT molecular complexity index is 565. The highest BCUT2D eigenvalue weighted by Crippen LogP contribution is 2.38. The van der Waals surface area contributed by atoms with Crippen LogP contribution in [-0.4, -0.2) is 47.1 Å². The van der Waals surface area contributed by atoms with Gasteiger partial charge in [-0.05, 0) is 25.0 Å². The number of carbonyl (C=O) groups is 2. The van der Waals surface area contributed by atoms with E-state index in [1.165, 1.54) is 11.8 Å². The quantitative estimate of drug-likeness (QED) is 0.769. The molecule has 0 aliphatic carbocycles. The molecule has 2 rings (SSSR count). The van der Waals surface area contributed by atoms with E-state index in [-0.39, 0.29) is 23.5 Å². The molecule has 1 unspecified atom stereocenters. The second-order valence-corrected chi connectivity index (χ2v) is 6.99. The van der Waals surface area contributed by atoms with Crippen molar-refractivity contribution in [3.8, 4) is 0 Å². The fourth-order valence-corrected chi connectivity index (χ4v) is 3.72. The summed E-state index contributed by atoms with van der Waals surface area (Å²) >= 11 is 1.41. The van der Waals surface area contributed by atoms with Gasteiger partial charge in [0.15, 0.2) is 0 Å². The molecule has 0 radical (unpaired) electrons. The van der Waals surface area contributed by atoms with Gasteiger partial charge in [0.2, 0.25) is 11.8 Å². The summed E-state index contributed by atoms with van der Waals surface area (Å²) in [6.07, 6.45) is 4.89. The number of aromatic nitrogens is 1. The number of pyridine rings is 1. The molecule has 23 heavy (non-hydrogen) atoms. The average Bonchev–Trinajstić information content (AvgIpc) is 2.56. The number of unbranched alkanes of at least 4 members (excludes halogenated alkanes) is 1. The number of fused-ring (bicyclic) bond motifs is 1. The summed E-state index contributed by atoms with van der Waals surface area (Å²) in [6, 6.07) is 3.77. The first-order valence-electron chi connectivity index (χ1n) is 8.25. The van der Waals surface area contributed by atoms with Gasteiger partial charge in [0.1, 0.15) is 5.03 Å². The van der Waals surface area contributed by atoms with Crippen LogP contribution < -0.4 is 4.90 Å². The van der Waals surface area contributed by atoms with Crippen LogP contribution in [0.25, 0.3) is 0 Å². The van der Waals surface area contributed by atoms with Gasteiger partial charge in [-0.2, -0.15) is 0 Å². The Morgan fingerprint density at radius 3 is 2.87 bits per heavy atom. The Kier molecular flexibility index (Phi) is 6.45. The van der Waals surface area contributed by atoms with Crippen LogP contribution in [-0.2, 0) is 9.59 Å². The Hall–Kier alpha value is -1.56. The summed E-state index contributed by atoms with van der Waals surface area (Å²) in [5.74, 6) is 0.0507. The number of amides is 2. The lowest BCUT2D eigenvalue weighted by Crippen LogP contribution is -2.44. The van der Waals surface area contributed by atoms with Crippen molar-refractivity contribution in [1.29, 1.82) is 0 Å². The summed E-state index contributed by atoms with van der Waals surface area (Å²) in [5.41, 5.74) is 0.868. The van der Waals surface area contributed by atoms with E-state index in [9.17, 15) is 9.59 Å². The maximum absolute atomic E-state index is 12.8. The van der Waals surface area contributed by atoms with Crippen molar-refractivity contribution >= 4 is 29.3 Å². The monoisotopic (exact) mass is 335 g/mol. The van der Waals surface area contributed by atoms with Gasteiger partial charge in [-0.15, -0.1) is 0 Å². The van der Waals surface area contributed by atoms with Gasteiger partial charge in [0, 0.05) is 32.8 Å². The lowest BCUT2D eigenvalue weighted by Gasteiger charge is -2.33. The maximum atomic E-state index is 12.8. The first-order valence-corrected chi connectivity index (χ1v) is 9.13. The molecule has 0 aromatic carbocycles. The molecule has 1 aromatic rings. The maximum Gasteiger partial charge on any atom is 0.241 e. The predicted molar refractivity (Wildman–Crippen MR) is 93.7 cm³/mol. The smallest absolute Gasteiger partial charge is 0.241 e. The normalized spacial score (nSPS) is 17.1. The molecule has 6 heteroatoms. The highest BCUT2D eigenvalue weighted by Gasteiger charge is 2.35. The molecular formula is C17H25N3O2S. The zero-order chi connectivity index (χ0) is 16.8. The van der Waals surface area contributed by atoms with Gasteiger partial charge in [0.25, 0.3) is 0 Å². The van der Waals surface area contributed by atoms with Crippen molar-refractivity contribution in [3.63, 3.8) is 0 Å². The van der Waals surface area contributed by atoms with E-state index < -0.39 is 0 Å². The van der Waals surface area contributed by atoms with Crippen LogP contribution in [0.3, 0.4) is 0 Å². The van der Waals surface area contributed by atoms with Crippen molar-refractivity contribution in [2.24, 2.45) is 0 Å². The molecule has 0 saturated carbocycles. The van der Waals surface area contributed by atoms with Crippen molar-refractivity contribution in [1.82, 2.24) is 9.88 Å². The number of nitrogens with zero attached hydrogens (tertiary/aromatic N) is 3. The van der Waals surface area contributed by atoms with Crippen LogP contribution in [0.15, 0.2) is 23.4 Å². The topological polar surface area (TPSA) is 53.5 Å². The number of anilines is 1. The standard InChI is InChI=1S/C17H25N3O2S/c1-4-6-11-19(3)15(21)12-14-17(22)20(10-5-2)13-8-7-9-18-16(13)23-14/h7-9,14H,4-6,10-12H2,1-3H3. The van der Waals surface area contributed by atoms with Crippen LogP contribution >= 0.6 is 11.8 Å². The molecule has 126 valence electrons. The number of thioether (sulfide) groups is 1. The minimum atomic E-state index is -0.375. The number of hydrogen-bond acceptors (Lipinski definition) is 4. The van der Waals surface area contributed by atoms with E-state index >= 15 is 0 Å². The molecule has 0 bridgehead atoms. The van der Waals surface area contributed by atoms with Crippen LogP contribution in [0.5, 0.6) is 0 Å². The third-order valence-electron chi connectivity index (χ3n) is 3.92.